The zero-order chi connectivity index (χ0) is 12.3. The second-order valence-corrected chi connectivity index (χ2v) is 5.74. The van der Waals surface area contributed by atoms with Crippen LogP contribution in [0.4, 0.5) is 0 Å². The summed E-state index contributed by atoms with van der Waals surface area (Å²) in [7, 11) is 0. The van der Waals surface area contributed by atoms with Crippen molar-refractivity contribution in [3.8, 4) is 0 Å². The van der Waals surface area contributed by atoms with Crippen LogP contribution in [-0.2, 0) is 0 Å². The van der Waals surface area contributed by atoms with Crippen LogP contribution in [0.3, 0.4) is 0 Å². The molecule has 1 saturated carbocycles. The highest BCUT2D eigenvalue weighted by atomic mass is 35.5. The van der Waals surface area contributed by atoms with Crippen molar-refractivity contribution in [3.63, 3.8) is 0 Å². The van der Waals surface area contributed by atoms with E-state index < -0.39 is 0 Å². The van der Waals surface area contributed by atoms with Crippen LogP contribution in [0.2, 0.25) is 5.02 Å². The van der Waals surface area contributed by atoms with Gasteiger partial charge < -0.3 is 5.32 Å². The zero-order valence-corrected chi connectivity index (χ0v) is 11.5. The van der Waals surface area contributed by atoms with Crippen LogP contribution in [0.5, 0.6) is 0 Å². The molecule has 94 valence electrons. The fraction of sp³-hybridized carbons (Fsp3) is 0.600. The van der Waals surface area contributed by atoms with Crippen LogP contribution in [0, 0.1) is 5.92 Å². The summed E-state index contributed by atoms with van der Waals surface area (Å²) < 4.78 is 0. The molecule has 0 aromatic heterocycles. The van der Waals surface area contributed by atoms with Crippen LogP contribution >= 0.6 is 11.6 Å². The molecule has 17 heavy (non-hydrogen) atoms. The SMILES string of the molecule is CC(NC1CCCCC1C)c1ccc(Cl)cc1. The molecule has 0 aliphatic heterocycles. The Kier molecular flexibility index (Phi) is 4.47. The molecule has 1 aliphatic carbocycles. The third-order valence-corrected chi connectivity index (χ3v) is 4.20. The Labute approximate surface area is 110 Å². The average Bonchev–Trinajstić information content (AvgIpc) is 2.33. The molecule has 1 aliphatic rings. The fourth-order valence-corrected chi connectivity index (χ4v) is 2.86. The van der Waals surface area contributed by atoms with E-state index >= 15 is 0 Å². The molecule has 3 unspecified atom stereocenters. The van der Waals surface area contributed by atoms with Crippen molar-refractivity contribution in [2.24, 2.45) is 5.92 Å². The summed E-state index contributed by atoms with van der Waals surface area (Å²) >= 11 is 5.91. The van der Waals surface area contributed by atoms with E-state index in [2.05, 4.69) is 31.3 Å². The summed E-state index contributed by atoms with van der Waals surface area (Å²) in [6.07, 6.45) is 5.45. The Morgan fingerprint density at radius 3 is 2.47 bits per heavy atom. The molecule has 1 aromatic rings. The maximum absolute atomic E-state index is 5.91. The number of hydrogen-bond acceptors (Lipinski definition) is 1. The van der Waals surface area contributed by atoms with Crippen molar-refractivity contribution in [1.82, 2.24) is 5.32 Å². The molecule has 0 radical (unpaired) electrons. The van der Waals surface area contributed by atoms with Crippen LogP contribution in [0.1, 0.15) is 51.1 Å². The molecule has 3 atom stereocenters. The number of halogens is 1. The van der Waals surface area contributed by atoms with E-state index in [0.29, 0.717) is 12.1 Å². The lowest BCUT2D eigenvalue weighted by atomic mass is 9.85. The maximum atomic E-state index is 5.91. The summed E-state index contributed by atoms with van der Waals surface area (Å²) in [5.41, 5.74) is 1.33. The summed E-state index contributed by atoms with van der Waals surface area (Å²) in [6, 6.07) is 9.27. The molecular weight excluding hydrogens is 230 g/mol. The van der Waals surface area contributed by atoms with Crippen LogP contribution < -0.4 is 5.32 Å². The minimum absolute atomic E-state index is 0.415. The Hall–Kier alpha value is -0.530. The minimum Gasteiger partial charge on any atom is -0.307 e. The van der Waals surface area contributed by atoms with E-state index in [9.17, 15) is 0 Å². The van der Waals surface area contributed by atoms with Gasteiger partial charge >= 0.3 is 0 Å². The molecule has 0 bridgehead atoms. The highest BCUT2D eigenvalue weighted by Gasteiger charge is 2.22. The molecule has 0 saturated heterocycles. The van der Waals surface area contributed by atoms with Crippen LogP contribution in [-0.4, -0.2) is 6.04 Å². The summed E-state index contributed by atoms with van der Waals surface area (Å²) in [6.45, 7) is 4.61. The van der Waals surface area contributed by atoms with Gasteiger partial charge in [0.2, 0.25) is 0 Å². The number of rotatable bonds is 3. The monoisotopic (exact) mass is 251 g/mol. The van der Waals surface area contributed by atoms with Gasteiger partial charge in [-0.15, -0.1) is 0 Å². The second kappa shape index (κ2) is 5.88. The lowest BCUT2D eigenvalue weighted by Gasteiger charge is -2.32. The van der Waals surface area contributed by atoms with Gasteiger partial charge in [0.25, 0.3) is 0 Å². The number of benzene rings is 1. The first kappa shape index (κ1) is 12.9. The molecule has 0 amide bonds. The van der Waals surface area contributed by atoms with Gasteiger partial charge in [-0.05, 0) is 43.4 Å². The zero-order valence-electron chi connectivity index (χ0n) is 10.7. The fourth-order valence-electron chi connectivity index (χ4n) is 2.73. The highest BCUT2D eigenvalue weighted by molar-refractivity contribution is 6.30. The predicted octanol–water partition coefficient (Wildman–Crippen LogP) is 4.57. The maximum Gasteiger partial charge on any atom is 0.0406 e. The molecule has 0 spiro atoms. The van der Waals surface area contributed by atoms with Gasteiger partial charge in [0.15, 0.2) is 0 Å². The van der Waals surface area contributed by atoms with E-state index in [1.54, 1.807) is 0 Å². The predicted molar refractivity (Wildman–Crippen MR) is 74.4 cm³/mol. The normalized spacial score (nSPS) is 26.8. The summed E-state index contributed by atoms with van der Waals surface area (Å²) in [4.78, 5) is 0. The van der Waals surface area contributed by atoms with Crippen molar-refractivity contribution in [1.29, 1.82) is 0 Å². The highest BCUT2D eigenvalue weighted by Crippen LogP contribution is 2.26. The minimum atomic E-state index is 0.415. The molecule has 1 N–H and O–H groups in total. The number of hydrogen-bond donors (Lipinski definition) is 1. The Bertz CT molecular complexity index is 346. The quantitative estimate of drug-likeness (QED) is 0.830. The first-order valence-corrected chi connectivity index (χ1v) is 7.06. The smallest absolute Gasteiger partial charge is 0.0406 e. The van der Waals surface area contributed by atoms with Crippen molar-refractivity contribution in [3.05, 3.63) is 34.9 Å². The van der Waals surface area contributed by atoms with E-state index in [1.807, 2.05) is 12.1 Å². The Morgan fingerprint density at radius 2 is 1.82 bits per heavy atom. The van der Waals surface area contributed by atoms with E-state index in [0.717, 1.165) is 10.9 Å². The van der Waals surface area contributed by atoms with Gasteiger partial charge in [0.1, 0.15) is 0 Å². The van der Waals surface area contributed by atoms with Crippen LogP contribution in [0.15, 0.2) is 24.3 Å². The van der Waals surface area contributed by atoms with Gasteiger partial charge in [-0.25, -0.2) is 0 Å². The van der Waals surface area contributed by atoms with Crippen molar-refractivity contribution in [2.45, 2.75) is 51.6 Å². The molecule has 2 heteroatoms. The Balaban J connectivity index is 1.95. The molecule has 1 fully saturated rings. The molecule has 1 aromatic carbocycles. The summed E-state index contributed by atoms with van der Waals surface area (Å²) in [5, 5.41) is 4.57. The number of nitrogens with one attached hydrogen (secondary N) is 1. The van der Waals surface area contributed by atoms with Crippen LogP contribution in [0.25, 0.3) is 0 Å². The average molecular weight is 252 g/mol. The van der Waals surface area contributed by atoms with Crippen molar-refractivity contribution >= 4 is 11.6 Å². The molecule has 1 nitrogen and oxygen atoms in total. The largest absolute Gasteiger partial charge is 0.307 e. The third-order valence-electron chi connectivity index (χ3n) is 3.95. The summed E-state index contributed by atoms with van der Waals surface area (Å²) in [5.74, 6) is 0.804. The lowest BCUT2D eigenvalue weighted by Crippen LogP contribution is -2.38. The van der Waals surface area contributed by atoms with E-state index in [4.69, 9.17) is 11.6 Å². The molecule has 2 rings (SSSR count). The van der Waals surface area contributed by atoms with Gasteiger partial charge in [-0.3, -0.25) is 0 Å². The van der Waals surface area contributed by atoms with Gasteiger partial charge in [-0.2, -0.15) is 0 Å². The molecule has 0 heterocycles. The topological polar surface area (TPSA) is 12.0 Å². The van der Waals surface area contributed by atoms with E-state index in [1.165, 1.54) is 31.2 Å². The van der Waals surface area contributed by atoms with Gasteiger partial charge in [0.05, 0.1) is 0 Å². The van der Waals surface area contributed by atoms with Crippen molar-refractivity contribution < 1.29 is 0 Å². The van der Waals surface area contributed by atoms with Gasteiger partial charge in [0, 0.05) is 17.1 Å². The standard InChI is InChI=1S/C15H22ClN/c1-11-5-3-4-6-15(11)17-12(2)13-7-9-14(16)10-8-13/h7-12,15,17H,3-6H2,1-2H3. The third kappa shape index (κ3) is 3.46. The molecular formula is C15H22ClN. The van der Waals surface area contributed by atoms with E-state index in [-0.39, 0.29) is 0 Å². The lowest BCUT2D eigenvalue weighted by molar-refractivity contribution is 0.263. The first-order chi connectivity index (χ1) is 8.16. The first-order valence-electron chi connectivity index (χ1n) is 6.68. The van der Waals surface area contributed by atoms with Crippen molar-refractivity contribution in [2.75, 3.05) is 0 Å². The van der Waals surface area contributed by atoms with Gasteiger partial charge in [-0.1, -0.05) is 43.5 Å². The second-order valence-electron chi connectivity index (χ2n) is 5.31. The Morgan fingerprint density at radius 1 is 1.18 bits per heavy atom.